The number of carboxylic acid groups (broad SMARTS) is 1. The number of ether oxygens (including phenoxy) is 2. The molecule has 6 nitrogen and oxygen atoms in total. The fourth-order valence-corrected chi connectivity index (χ4v) is 2.81. The minimum absolute atomic E-state index is 0.237. The van der Waals surface area contributed by atoms with E-state index in [0.717, 1.165) is 28.4 Å². The summed E-state index contributed by atoms with van der Waals surface area (Å²) in [6, 6.07) is 16.3. The molecule has 3 aromatic rings. The molecule has 0 saturated heterocycles. The zero-order valence-corrected chi connectivity index (χ0v) is 13.9. The molecule has 0 atom stereocenters. The first-order valence-corrected chi connectivity index (χ1v) is 8.21. The maximum absolute atomic E-state index is 11.1. The van der Waals surface area contributed by atoms with Crippen molar-refractivity contribution in [3.8, 4) is 22.8 Å². The average Bonchev–Trinajstić information content (AvgIpc) is 3.30. The van der Waals surface area contributed by atoms with Gasteiger partial charge in [0.05, 0.1) is 12.1 Å². The molecule has 1 aromatic heterocycles. The largest absolute Gasteiger partial charge is 0.478 e. The summed E-state index contributed by atoms with van der Waals surface area (Å²) >= 11 is 0. The van der Waals surface area contributed by atoms with Gasteiger partial charge in [0.25, 0.3) is 0 Å². The number of rotatable bonds is 6. The molecule has 132 valence electrons. The highest BCUT2D eigenvalue weighted by Gasteiger charge is 2.13. The maximum atomic E-state index is 11.1. The fraction of sp³-hybridized carbons (Fsp3) is 0.150. The van der Waals surface area contributed by atoms with E-state index in [2.05, 4.69) is 5.32 Å². The standard InChI is InChI=1S/C20H17NO5/c22-20(23)15-3-1-2-14(9-15)17-7-5-16(26-17)11-21-10-13-4-6-18-19(8-13)25-12-24-18/h1-9,21H,10-12H2,(H,22,23). The molecule has 1 aliphatic rings. The fourth-order valence-electron chi connectivity index (χ4n) is 2.81. The third kappa shape index (κ3) is 3.41. The minimum Gasteiger partial charge on any atom is -0.478 e. The molecule has 26 heavy (non-hydrogen) atoms. The molecule has 0 radical (unpaired) electrons. The summed E-state index contributed by atoms with van der Waals surface area (Å²) in [6.07, 6.45) is 0. The summed E-state index contributed by atoms with van der Waals surface area (Å²) in [7, 11) is 0. The normalized spacial score (nSPS) is 12.3. The van der Waals surface area contributed by atoms with Gasteiger partial charge in [0.15, 0.2) is 11.5 Å². The first-order chi connectivity index (χ1) is 12.7. The van der Waals surface area contributed by atoms with E-state index >= 15 is 0 Å². The summed E-state index contributed by atoms with van der Waals surface area (Å²) < 4.78 is 16.5. The van der Waals surface area contributed by atoms with Crippen LogP contribution in [0.2, 0.25) is 0 Å². The first kappa shape index (κ1) is 16.2. The molecule has 0 amide bonds. The zero-order valence-electron chi connectivity index (χ0n) is 13.9. The topological polar surface area (TPSA) is 80.9 Å². The molecule has 1 aliphatic heterocycles. The zero-order chi connectivity index (χ0) is 17.9. The molecular weight excluding hydrogens is 334 g/mol. The van der Waals surface area contributed by atoms with Gasteiger partial charge in [0.2, 0.25) is 6.79 Å². The van der Waals surface area contributed by atoms with Crippen molar-refractivity contribution in [1.82, 2.24) is 5.32 Å². The van der Waals surface area contributed by atoms with Crippen LogP contribution in [0.5, 0.6) is 11.5 Å². The van der Waals surface area contributed by atoms with E-state index < -0.39 is 5.97 Å². The third-order valence-corrected chi connectivity index (χ3v) is 4.12. The number of nitrogens with one attached hydrogen (secondary N) is 1. The van der Waals surface area contributed by atoms with Crippen molar-refractivity contribution < 1.29 is 23.8 Å². The van der Waals surface area contributed by atoms with Crippen molar-refractivity contribution in [2.75, 3.05) is 6.79 Å². The van der Waals surface area contributed by atoms with E-state index in [9.17, 15) is 4.79 Å². The van der Waals surface area contributed by atoms with Crippen molar-refractivity contribution >= 4 is 5.97 Å². The summed E-state index contributed by atoms with van der Waals surface area (Å²) in [5.41, 5.74) is 2.07. The molecule has 2 aromatic carbocycles. The number of benzene rings is 2. The second-order valence-electron chi connectivity index (χ2n) is 5.94. The maximum Gasteiger partial charge on any atom is 0.335 e. The molecule has 2 N–H and O–H groups in total. The Morgan fingerprint density at radius 3 is 2.77 bits per heavy atom. The summed E-state index contributed by atoms with van der Waals surface area (Å²) in [5, 5.41) is 12.4. The highest BCUT2D eigenvalue weighted by atomic mass is 16.7. The van der Waals surface area contributed by atoms with Gasteiger partial charge in [-0.1, -0.05) is 18.2 Å². The predicted octanol–water partition coefficient (Wildman–Crippen LogP) is 3.66. The van der Waals surface area contributed by atoms with Gasteiger partial charge in [0, 0.05) is 12.1 Å². The van der Waals surface area contributed by atoms with Crippen LogP contribution in [0, 0.1) is 0 Å². The molecule has 0 spiro atoms. The SMILES string of the molecule is O=C(O)c1cccc(-c2ccc(CNCc3ccc4c(c3)OCO4)o2)c1. The molecule has 2 heterocycles. The smallest absolute Gasteiger partial charge is 0.335 e. The molecule has 0 fully saturated rings. The van der Waals surface area contributed by atoms with Crippen LogP contribution in [0.25, 0.3) is 11.3 Å². The van der Waals surface area contributed by atoms with E-state index in [1.165, 1.54) is 0 Å². The van der Waals surface area contributed by atoms with Crippen molar-refractivity contribution in [1.29, 1.82) is 0 Å². The van der Waals surface area contributed by atoms with Crippen LogP contribution < -0.4 is 14.8 Å². The van der Waals surface area contributed by atoms with Crippen LogP contribution in [0.3, 0.4) is 0 Å². The van der Waals surface area contributed by atoms with Crippen LogP contribution in [0.15, 0.2) is 59.0 Å². The summed E-state index contributed by atoms with van der Waals surface area (Å²) in [6.45, 7) is 1.50. The van der Waals surface area contributed by atoms with Crippen molar-refractivity contribution in [2.45, 2.75) is 13.1 Å². The lowest BCUT2D eigenvalue weighted by molar-refractivity contribution is 0.0697. The van der Waals surface area contributed by atoms with E-state index in [-0.39, 0.29) is 12.4 Å². The van der Waals surface area contributed by atoms with Crippen molar-refractivity contribution in [3.63, 3.8) is 0 Å². The van der Waals surface area contributed by atoms with Gasteiger partial charge in [-0.2, -0.15) is 0 Å². The van der Waals surface area contributed by atoms with Gasteiger partial charge in [-0.3, -0.25) is 0 Å². The Bertz CT molecular complexity index is 947. The Morgan fingerprint density at radius 2 is 1.88 bits per heavy atom. The Labute approximate surface area is 150 Å². The highest BCUT2D eigenvalue weighted by Crippen LogP contribution is 2.32. The molecular formula is C20H17NO5. The van der Waals surface area contributed by atoms with E-state index in [1.54, 1.807) is 18.2 Å². The molecule has 4 rings (SSSR count). The number of hydrogen-bond acceptors (Lipinski definition) is 5. The Morgan fingerprint density at radius 1 is 1.00 bits per heavy atom. The summed E-state index contributed by atoms with van der Waals surface area (Å²) in [5.74, 6) is 2.01. The van der Waals surface area contributed by atoms with Crippen LogP contribution in [-0.2, 0) is 13.1 Å². The molecule has 6 heteroatoms. The van der Waals surface area contributed by atoms with Crippen LogP contribution in [0.1, 0.15) is 21.7 Å². The highest BCUT2D eigenvalue weighted by molar-refractivity contribution is 5.89. The number of carboxylic acids is 1. The van der Waals surface area contributed by atoms with Gasteiger partial charge in [-0.25, -0.2) is 4.79 Å². The number of carbonyl (C=O) groups is 1. The predicted molar refractivity (Wildman–Crippen MR) is 94.2 cm³/mol. The lowest BCUT2D eigenvalue weighted by Gasteiger charge is -2.05. The Hall–Kier alpha value is -3.25. The second kappa shape index (κ2) is 6.93. The van der Waals surface area contributed by atoms with Crippen LogP contribution in [0.4, 0.5) is 0 Å². The van der Waals surface area contributed by atoms with E-state index in [0.29, 0.717) is 18.8 Å². The quantitative estimate of drug-likeness (QED) is 0.705. The number of fused-ring (bicyclic) bond motifs is 1. The number of hydrogen-bond donors (Lipinski definition) is 2. The lowest BCUT2D eigenvalue weighted by Crippen LogP contribution is -2.11. The number of aromatic carboxylic acids is 1. The van der Waals surface area contributed by atoms with Gasteiger partial charge in [-0.05, 0) is 42.0 Å². The van der Waals surface area contributed by atoms with Crippen LogP contribution >= 0.6 is 0 Å². The van der Waals surface area contributed by atoms with Gasteiger partial charge < -0.3 is 24.3 Å². The second-order valence-corrected chi connectivity index (χ2v) is 5.94. The van der Waals surface area contributed by atoms with Crippen molar-refractivity contribution in [2.24, 2.45) is 0 Å². The first-order valence-electron chi connectivity index (χ1n) is 8.21. The van der Waals surface area contributed by atoms with E-state index in [1.807, 2.05) is 36.4 Å². The lowest BCUT2D eigenvalue weighted by atomic mass is 10.1. The number of furan rings is 1. The molecule has 0 aliphatic carbocycles. The van der Waals surface area contributed by atoms with Gasteiger partial charge in [0.1, 0.15) is 11.5 Å². The van der Waals surface area contributed by atoms with E-state index in [4.69, 9.17) is 19.0 Å². The van der Waals surface area contributed by atoms with Gasteiger partial charge >= 0.3 is 5.97 Å². The van der Waals surface area contributed by atoms with Gasteiger partial charge in [-0.15, -0.1) is 0 Å². The third-order valence-electron chi connectivity index (χ3n) is 4.12. The average molecular weight is 351 g/mol. The Kier molecular flexibility index (Phi) is 4.33. The monoisotopic (exact) mass is 351 g/mol. The molecule has 0 saturated carbocycles. The van der Waals surface area contributed by atoms with Crippen molar-refractivity contribution in [3.05, 3.63) is 71.5 Å². The summed E-state index contributed by atoms with van der Waals surface area (Å²) in [4.78, 5) is 11.1. The molecule has 0 bridgehead atoms. The minimum atomic E-state index is -0.955. The van der Waals surface area contributed by atoms with Crippen LogP contribution in [-0.4, -0.2) is 17.9 Å². The molecule has 0 unspecified atom stereocenters. The Balaban J connectivity index is 1.38.